The van der Waals surface area contributed by atoms with Gasteiger partial charge in [-0.1, -0.05) is 13.0 Å². The van der Waals surface area contributed by atoms with Gasteiger partial charge in [0.1, 0.15) is 0 Å². The largest absolute Gasteiger partial charge is 0.494 e. The zero-order chi connectivity index (χ0) is 15.3. The minimum atomic E-state index is -3.53. The van der Waals surface area contributed by atoms with Crippen molar-refractivity contribution in [2.24, 2.45) is 5.92 Å². The van der Waals surface area contributed by atoms with E-state index in [0.29, 0.717) is 5.56 Å². The second-order valence-corrected chi connectivity index (χ2v) is 6.56. The number of benzene rings is 1. The van der Waals surface area contributed by atoms with E-state index in [1.807, 2.05) is 0 Å². The van der Waals surface area contributed by atoms with Crippen molar-refractivity contribution < 1.29 is 27.1 Å². The number of sulfone groups is 1. The molecule has 5 nitrogen and oxygen atoms in total. The fourth-order valence-electron chi connectivity index (χ4n) is 1.76. The standard InChI is InChI=1S/C13H17FO5S/c1-9(13(15)19-3)7-20(16,17)8-10-4-5-12(18-2)11(14)6-10/h4-6,9H,7-8H2,1-3H3. The third kappa shape index (κ3) is 4.48. The molecule has 0 aromatic heterocycles. The van der Waals surface area contributed by atoms with Crippen molar-refractivity contribution in [3.05, 3.63) is 29.6 Å². The first-order valence-electron chi connectivity index (χ1n) is 5.89. The van der Waals surface area contributed by atoms with Crippen LogP contribution >= 0.6 is 0 Å². The summed E-state index contributed by atoms with van der Waals surface area (Å²) in [6.07, 6.45) is 0. The van der Waals surface area contributed by atoms with Crippen LogP contribution in [0.15, 0.2) is 18.2 Å². The summed E-state index contributed by atoms with van der Waals surface area (Å²) in [6.45, 7) is 1.47. The highest BCUT2D eigenvalue weighted by molar-refractivity contribution is 7.90. The molecule has 0 saturated carbocycles. The molecular weight excluding hydrogens is 287 g/mol. The third-order valence-electron chi connectivity index (χ3n) is 2.71. The van der Waals surface area contributed by atoms with Gasteiger partial charge in [0, 0.05) is 0 Å². The van der Waals surface area contributed by atoms with Crippen molar-refractivity contribution in [3.63, 3.8) is 0 Å². The molecule has 0 N–H and O–H groups in total. The Morgan fingerprint density at radius 2 is 2.00 bits per heavy atom. The minimum absolute atomic E-state index is 0.0501. The fraction of sp³-hybridized carbons (Fsp3) is 0.462. The van der Waals surface area contributed by atoms with E-state index in [0.717, 1.165) is 6.07 Å². The molecule has 0 fully saturated rings. The van der Waals surface area contributed by atoms with Gasteiger partial charge in [-0.05, 0) is 17.7 Å². The van der Waals surface area contributed by atoms with E-state index in [4.69, 9.17) is 4.74 Å². The average Bonchev–Trinajstić information content (AvgIpc) is 2.36. The summed E-state index contributed by atoms with van der Waals surface area (Å²) in [5, 5.41) is 0. The highest BCUT2D eigenvalue weighted by Crippen LogP contribution is 2.19. The molecule has 1 aromatic carbocycles. The van der Waals surface area contributed by atoms with Crippen LogP contribution in [-0.2, 0) is 25.1 Å². The first-order valence-corrected chi connectivity index (χ1v) is 7.72. The molecule has 1 rings (SSSR count). The van der Waals surface area contributed by atoms with Crippen molar-refractivity contribution in [2.75, 3.05) is 20.0 Å². The predicted molar refractivity (Wildman–Crippen MR) is 71.6 cm³/mol. The molecule has 1 atom stereocenters. The lowest BCUT2D eigenvalue weighted by molar-refractivity contribution is -0.144. The Labute approximate surface area is 117 Å². The van der Waals surface area contributed by atoms with Crippen molar-refractivity contribution in [3.8, 4) is 5.75 Å². The smallest absolute Gasteiger partial charge is 0.309 e. The van der Waals surface area contributed by atoms with Crippen molar-refractivity contribution in [1.82, 2.24) is 0 Å². The maximum atomic E-state index is 13.5. The van der Waals surface area contributed by atoms with E-state index in [9.17, 15) is 17.6 Å². The highest BCUT2D eigenvalue weighted by Gasteiger charge is 2.22. The summed E-state index contributed by atoms with van der Waals surface area (Å²) in [7, 11) is -1.01. The number of ether oxygens (including phenoxy) is 2. The molecule has 0 spiro atoms. The average molecular weight is 304 g/mol. The topological polar surface area (TPSA) is 69.7 Å². The van der Waals surface area contributed by atoms with Crippen LogP contribution in [0.1, 0.15) is 12.5 Å². The van der Waals surface area contributed by atoms with Crippen LogP contribution in [-0.4, -0.2) is 34.4 Å². The van der Waals surface area contributed by atoms with E-state index >= 15 is 0 Å². The number of hydrogen-bond donors (Lipinski definition) is 0. The Bertz CT molecular complexity index is 582. The number of esters is 1. The lowest BCUT2D eigenvalue weighted by Gasteiger charge is -2.10. The van der Waals surface area contributed by atoms with Crippen LogP contribution < -0.4 is 4.74 Å². The van der Waals surface area contributed by atoms with Crippen LogP contribution in [0, 0.1) is 11.7 Å². The van der Waals surface area contributed by atoms with Crippen LogP contribution in [0.2, 0.25) is 0 Å². The minimum Gasteiger partial charge on any atom is -0.494 e. The van der Waals surface area contributed by atoms with Gasteiger partial charge in [0.25, 0.3) is 0 Å². The summed E-state index contributed by atoms with van der Waals surface area (Å²) in [4.78, 5) is 11.2. The molecule has 0 aliphatic rings. The number of halogens is 1. The Morgan fingerprint density at radius 3 is 2.50 bits per heavy atom. The second kappa shape index (κ2) is 6.69. The van der Waals surface area contributed by atoms with Gasteiger partial charge in [0.05, 0.1) is 31.6 Å². The van der Waals surface area contributed by atoms with Gasteiger partial charge in [-0.2, -0.15) is 0 Å². The summed E-state index contributed by atoms with van der Waals surface area (Å²) < 4.78 is 46.6. The number of carbonyl (C=O) groups excluding carboxylic acids is 1. The normalized spacial score (nSPS) is 12.8. The number of rotatable bonds is 6. The van der Waals surface area contributed by atoms with Gasteiger partial charge in [0.2, 0.25) is 0 Å². The Kier molecular flexibility index (Phi) is 5.50. The van der Waals surface area contributed by atoms with Gasteiger partial charge in [-0.15, -0.1) is 0 Å². The van der Waals surface area contributed by atoms with Crippen LogP contribution in [0.4, 0.5) is 4.39 Å². The van der Waals surface area contributed by atoms with Gasteiger partial charge in [-0.3, -0.25) is 4.79 Å². The van der Waals surface area contributed by atoms with E-state index in [-0.39, 0.29) is 17.3 Å². The molecule has 0 saturated heterocycles. The van der Waals surface area contributed by atoms with Crippen LogP contribution in [0.5, 0.6) is 5.75 Å². The molecular formula is C13H17FO5S. The first kappa shape index (κ1) is 16.4. The van der Waals surface area contributed by atoms with E-state index < -0.39 is 27.5 Å². The van der Waals surface area contributed by atoms with Crippen molar-refractivity contribution >= 4 is 15.8 Å². The first-order chi connectivity index (χ1) is 9.29. The number of hydrogen-bond acceptors (Lipinski definition) is 5. The molecule has 112 valence electrons. The van der Waals surface area contributed by atoms with Gasteiger partial charge >= 0.3 is 5.97 Å². The zero-order valence-corrected chi connectivity index (χ0v) is 12.4. The quantitative estimate of drug-likeness (QED) is 0.746. The third-order valence-corrected chi connectivity index (χ3v) is 4.49. The SMILES string of the molecule is COC(=O)C(C)CS(=O)(=O)Cc1ccc(OC)c(F)c1. The van der Waals surface area contributed by atoms with Gasteiger partial charge < -0.3 is 9.47 Å². The monoisotopic (exact) mass is 304 g/mol. The van der Waals surface area contributed by atoms with Crippen molar-refractivity contribution in [1.29, 1.82) is 0 Å². The molecule has 1 unspecified atom stereocenters. The lowest BCUT2D eigenvalue weighted by atomic mass is 10.2. The summed E-state index contributed by atoms with van der Waals surface area (Å²) >= 11 is 0. The maximum absolute atomic E-state index is 13.5. The Morgan fingerprint density at radius 1 is 1.35 bits per heavy atom. The molecule has 0 bridgehead atoms. The van der Waals surface area contributed by atoms with Crippen LogP contribution in [0.25, 0.3) is 0 Å². The predicted octanol–water partition coefficient (Wildman–Crippen LogP) is 1.56. The Balaban J connectivity index is 2.81. The maximum Gasteiger partial charge on any atom is 0.309 e. The van der Waals surface area contributed by atoms with E-state index in [1.54, 1.807) is 0 Å². The second-order valence-electron chi connectivity index (χ2n) is 4.45. The highest BCUT2D eigenvalue weighted by atomic mass is 32.2. The molecule has 0 aliphatic carbocycles. The molecule has 0 radical (unpaired) electrons. The summed E-state index contributed by atoms with van der Waals surface area (Å²) in [5.74, 6) is -2.60. The molecule has 0 aliphatic heterocycles. The number of methoxy groups -OCH3 is 2. The fourth-order valence-corrected chi connectivity index (χ4v) is 3.47. The molecule has 1 aromatic rings. The van der Waals surface area contributed by atoms with Crippen LogP contribution in [0.3, 0.4) is 0 Å². The number of carbonyl (C=O) groups is 1. The summed E-state index contributed by atoms with van der Waals surface area (Å²) in [5.41, 5.74) is 0.306. The molecule has 20 heavy (non-hydrogen) atoms. The van der Waals surface area contributed by atoms with Gasteiger partial charge in [-0.25, -0.2) is 12.8 Å². The Hall–Kier alpha value is -1.63. The zero-order valence-electron chi connectivity index (χ0n) is 11.6. The molecule has 0 amide bonds. The molecule has 7 heteroatoms. The van der Waals surface area contributed by atoms with Gasteiger partial charge in [0.15, 0.2) is 21.4 Å². The van der Waals surface area contributed by atoms with E-state index in [1.165, 1.54) is 33.3 Å². The molecule has 0 heterocycles. The van der Waals surface area contributed by atoms with E-state index in [2.05, 4.69) is 4.74 Å². The summed E-state index contributed by atoms with van der Waals surface area (Å²) in [6, 6.07) is 3.95. The van der Waals surface area contributed by atoms with Crippen molar-refractivity contribution in [2.45, 2.75) is 12.7 Å². The lowest BCUT2D eigenvalue weighted by Crippen LogP contribution is -2.23.